The van der Waals surface area contributed by atoms with E-state index in [0.717, 1.165) is 11.3 Å². The Balaban J connectivity index is 2.11. The smallest absolute Gasteiger partial charge is 0.142 e. The average molecular weight is 282 g/mol. The van der Waals surface area contributed by atoms with Crippen molar-refractivity contribution >= 4 is 17.3 Å². The molecule has 0 aliphatic heterocycles. The summed E-state index contributed by atoms with van der Waals surface area (Å²) in [6.07, 6.45) is 3.70. The molecular weight excluding hydrogens is 265 g/mol. The quantitative estimate of drug-likeness (QED) is 0.898. The highest BCUT2D eigenvalue weighted by Gasteiger charge is 2.10. The van der Waals surface area contributed by atoms with E-state index in [4.69, 9.17) is 11.6 Å². The largest absolute Gasteiger partial charge is 0.376 e. The summed E-state index contributed by atoms with van der Waals surface area (Å²) in [6.45, 7) is 6.10. The van der Waals surface area contributed by atoms with Crippen LogP contribution in [-0.2, 0) is 0 Å². The lowest BCUT2D eigenvalue weighted by Crippen LogP contribution is -2.06. The van der Waals surface area contributed by atoms with Gasteiger partial charge in [-0.3, -0.25) is 4.68 Å². The van der Waals surface area contributed by atoms with Crippen LogP contribution in [0, 0.1) is 5.82 Å². The minimum atomic E-state index is -0.398. The normalized spacial score (nSPS) is 12.7. The van der Waals surface area contributed by atoms with Gasteiger partial charge in [0.1, 0.15) is 5.82 Å². The molecule has 19 heavy (non-hydrogen) atoms. The van der Waals surface area contributed by atoms with Gasteiger partial charge >= 0.3 is 0 Å². The van der Waals surface area contributed by atoms with Gasteiger partial charge < -0.3 is 5.32 Å². The Kier molecular flexibility index (Phi) is 4.10. The monoisotopic (exact) mass is 281 g/mol. The SMILES string of the molecule is CC(Nc1cnn(C(C)C)c1)c1ccc(Cl)c(F)c1. The van der Waals surface area contributed by atoms with Gasteiger partial charge in [-0.2, -0.15) is 5.10 Å². The van der Waals surface area contributed by atoms with E-state index in [-0.39, 0.29) is 11.1 Å². The highest BCUT2D eigenvalue weighted by atomic mass is 35.5. The van der Waals surface area contributed by atoms with Crippen LogP contribution >= 0.6 is 11.6 Å². The maximum absolute atomic E-state index is 13.4. The molecule has 0 saturated carbocycles. The van der Waals surface area contributed by atoms with E-state index >= 15 is 0 Å². The zero-order valence-electron chi connectivity index (χ0n) is 11.2. The molecule has 1 unspecified atom stereocenters. The summed E-state index contributed by atoms with van der Waals surface area (Å²) in [5.74, 6) is -0.398. The summed E-state index contributed by atoms with van der Waals surface area (Å²) < 4.78 is 15.3. The molecule has 0 aliphatic rings. The summed E-state index contributed by atoms with van der Waals surface area (Å²) in [4.78, 5) is 0. The number of benzene rings is 1. The first-order valence-corrected chi connectivity index (χ1v) is 6.61. The molecule has 0 radical (unpaired) electrons. The number of hydrogen-bond acceptors (Lipinski definition) is 2. The van der Waals surface area contributed by atoms with Crippen molar-refractivity contribution in [1.29, 1.82) is 0 Å². The Hall–Kier alpha value is -1.55. The van der Waals surface area contributed by atoms with Crippen molar-refractivity contribution in [3.05, 3.63) is 47.0 Å². The topological polar surface area (TPSA) is 29.9 Å². The van der Waals surface area contributed by atoms with E-state index in [9.17, 15) is 4.39 Å². The van der Waals surface area contributed by atoms with Crippen LogP contribution in [0.5, 0.6) is 0 Å². The number of anilines is 1. The molecule has 1 heterocycles. The minimum absolute atomic E-state index is 0.0171. The molecular formula is C14H17ClFN3. The first-order valence-electron chi connectivity index (χ1n) is 6.23. The fraction of sp³-hybridized carbons (Fsp3) is 0.357. The minimum Gasteiger partial charge on any atom is -0.376 e. The summed E-state index contributed by atoms with van der Waals surface area (Å²) >= 11 is 5.67. The van der Waals surface area contributed by atoms with Gasteiger partial charge in [-0.05, 0) is 38.5 Å². The molecule has 0 aliphatic carbocycles. The summed E-state index contributed by atoms with van der Waals surface area (Å²) in [5.41, 5.74) is 1.76. The third kappa shape index (κ3) is 3.26. The lowest BCUT2D eigenvalue weighted by atomic mass is 10.1. The van der Waals surface area contributed by atoms with Crippen molar-refractivity contribution < 1.29 is 4.39 Å². The van der Waals surface area contributed by atoms with Gasteiger partial charge in [0.2, 0.25) is 0 Å². The van der Waals surface area contributed by atoms with Gasteiger partial charge in [0.05, 0.1) is 16.9 Å². The molecule has 0 saturated heterocycles. The predicted molar refractivity (Wildman–Crippen MR) is 76.1 cm³/mol. The second-order valence-electron chi connectivity index (χ2n) is 4.84. The van der Waals surface area contributed by atoms with Crippen LogP contribution in [0.25, 0.3) is 0 Å². The molecule has 2 rings (SSSR count). The number of nitrogens with zero attached hydrogens (tertiary/aromatic N) is 2. The van der Waals surface area contributed by atoms with Gasteiger partial charge in [-0.15, -0.1) is 0 Å². The standard InChI is InChI=1S/C14H17ClFN3/c1-9(2)19-8-12(7-17-19)18-10(3)11-4-5-13(15)14(16)6-11/h4-10,18H,1-3H3. The highest BCUT2D eigenvalue weighted by molar-refractivity contribution is 6.30. The van der Waals surface area contributed by atoms with Gasteiger partial charge in [0.15, 0.2) is 0 Å². The van der Waals surface area contributed by atoms with Gasteiger partial charge in [-0.25, -0.2) is 4.39 Å². The lowest BCUT2D eigenvalue weighted by molar-refractivity contribution is 0.532. The summed E-state index contributed by atoms with van der Waals surface area (Å²) in [5, 5.41) is 7.68. The molecule has 3 nitrogen and oxygen atoms in total. The number of aromatic nitrogens is 2. The van der Waals surface area contributed by atoms with Gasteiger partial charge in [-0.1, -0.05) is 17.7 Å². The average Bonchev–Trinajstić information content (AvgIpc) is 2.81. The van der Waals surface area contributed by atoms with Crippen LogP contribution in [0.2, 0.25) is 5.02 Å². The molecule has 1 atom stereocenters. The Labute approximate surface area is 117 Å². The number of hydrogen-bond donors (Lipinski definition) is 1. The maximum Gasteiger partial charge on any atom is 0.142 e. The fourth-order valence-electron chi connectivity index (χ4n) is 1.81. The van der Waals surface area contributed by atoms with Crippen LogP contribution in [0.15, 0.2) is 30.6 Å². The maximum atomic E-state index is 13.4. The molecule has 1 aromatic carbocycles. The summed E-state index contributed by atoms with van der Waals surface area (Å²) in [6, 6.07) is 5.14. The van der Waals surface area contributed by atoms with Crippen molar-refractivity contribution in [2.24, 2.45) is 0 Å². The first-order chi connectivity index (χ1) is 8.97. The second kappa shape index (κ2) is 5.61. The van der Waals surface area contributed by atoms with E-state index in [1.54, 1.807) is 12.3 Å². The second-order valence-corrected chi connectivity index (χ2v) is 5.25. The van der Waals surface area contributed by atoms with E-state index in [2.05, 4.69) is 24.3 Å². The van der Waals surface area contributed by atoms with Crippen LogP contribution in [0.1, 0.15) is 38.4 Å². The molecule has 1 aromatic heterocycles. The van der Waals surface area contributed by atoms with Crippen molar-refractivity contribution in [2.45, 2.75) is 32.9 Å². The first kappa shape index (κ1) is 13.9. The van der Waals surface area contributed by atoms with Crippen LogP contribution in [0.3, 0.4) is 0 Å². The molecule has 2 aromatic rings. The lowest BCUT2D eigenvalue weighted by Gasteiger charge is -2.14. The number of nitrogens with one attached hydrogen (secondary N) is 1. The van der Waals surface area contributed by atoms with Crippen LogP contribution < -0.4 is 5.32 Å². The fourth-order valence-corrected chi connectivity index (χ4v) is 1.93. The number of rotatable bonds is 4. The summed E-state index contributed by atoms with van der Waals surface area (Å²) in [7, 11) is 0. The van der Waals surface area contributed by atoms with Crippen LogP contribution in [-0.4, -0.2) is 9.78 Å². The Morgan fingerprint density at radius 3 is 2.63 bits per heavy atom. The van der Waals surface area contributed by atoms with Crippen molar-refractivity contribution in [1.82, 2.24) is 9.78 Å². The molecule has 1 N–H and O–H groups in total. The van der Waals surface area contributed by atoms with E-state index in [1.807, 2.05) is 23.9 Å². The third-order valence-electron chi connectivity index (χ3n) is 2.96. The molecule has 0 bridgehead atoms. The van der Waals surface area contributed by atoms with Crippen LogP contribution in [0.4, 0.5) is 10.1 Å². The molecule has 0 amide bonds. The van der Waals surface area contributed by atoms with E-state index in [0.29, 0.717) is 6.04 Å². The van der Waals surface area contributed by atoms with E-state index < -0.39 is 5.82 Å². The zero-order valence-corrected chi connectivity index (χ0v) is 11.9. The third-order valence-corrected chi connectivity index (χ3v) is 3.26. The van der Waals surface area contributed by atoms with Crippen molar-refractivity contribution in [2.75, 3.05) is 5.32 Å². The zero-order chi connectivity index (χ0) is 14.0. The molecule has 5 heteroatoms. The van der Waals surface area contributed by atoms with Crippen molar-refractivity contribution in [3.63, 3.8) is 0 Å². The van der Waals surface area contributed by atoms with E-state index in [1.165, 1.54) is 6.07 Å². The van der Waals surface area contributed by atoms with Gasteiger partial charge in [0.25, 0.3) is 0 Å². The Bertz CT molecular complexity index is 566. The predicted octanol–water partition coefficient (Wildman–Crippen LogP) is 4.43. The Morgan fingerprint density at radius 2 is 2.05 bits per heavy atom. The molecule has 0 spiro atoms. The van der Waals surface area contributed by atoms with Crippen molar-refractivity contribution in [3.8, 4) is 0 Å². The number of halogens is 2. The highest BCUT2D eigenvalue weighted by Crippen LogP contribution is 2.23. The van der Waals surface area contributed by atoms with Gasteiger partial charge in [0, 0.05) is 18.3 Å². The molecule has 102 valence electrons. The Morgan fingerprint density at radius 1 is 1.32 bits per heavy atom. The molecule has 0 fully saturated rings.